The maximum absolute atomic E-state index is 10.0. The number of aliphatic hydroxyl groups excluding tert-OH is 1. The van der Waals surface area contributed by atoms with E-state index in [0.717, 1.165) is 12.8 Å². The average Bonchev–Trinajstić information content (AvgIpc) is 2.27. The van der Waals surface area contributed by atoms with Gasteiger partial charge in [0, 0.05) is 13.0 Å². The minimum Gasteiger partial charge on any atom is -0.463 e. The fourth-order valence-electron chi connectivity index (χ4n) is 1.37. The summed E-state index contributed by atoms with van der Waals surface area (Å²) < 4.78 is 15.1. The van der Waals surface area contributed by atoms with Crippen molar-refractivity contribution >= 4 is 5.97 Å². The van der Waals surface area contributed by atoms with Gasteiger partial charge in [-0.15, -0.1) is 0 Å². The Kier molecular flexibility index (Phi) is 61.6. The molecule has 5 nitrogen and oxygen atoms in total. The largest absolute Gasteiger partial charge is 0.463 e. The highest BCUT2D eigenvalue weighted by molar-refractivity contribution is 5.66. The quantitative estimate of drug-likeness (QED) is 0.532. The molecular weight excluding hydrogens is 332 g/mol. The van der Waals surface area contributed by atoms with Crippen LogP contribution in [-0.2, 0) is 19.0 Å². The van der Waals surface area contributed by atoms with E-state index in [-0.39, 0.29) is 62.7 Å². The third-order valence-corrected chi connectivity index (χ3v) is 2.11. The molecule has 0 radical (unpaired) electrons. The van der Waals surface area contributed by atoms with Crippen molar-refractivity contribution in [3.63, 3.8) is 0 Å². The third kappa shape index (κ3) is 49.5. The van der Waals surface area contributed by atoms with E-state index < -0.39 is 0 Å². The molecule has 1 saturated heterocycles. The van der Waals surface area contributed by atoms with Gasteiger partial charge < -0.3 is 19.3 Å². The second-order valence-corrected chi connectivity index (χ2v) is 5.28. The Morgan fingerprint density at radius 1 is 1.04 bits per heavy atom. The zero-order valence-electron chi connectivity index (χ0n) is 14.0. The summed E-state index contributed by atoms with van der Waals surface area (Å²) in [5, 5.41) is 8.06. The van der Waals surface area contributed by atoms with Gasteiger partial charge >= 0.3 is 5.97 Å². The van der Waals surface area contributed by atoms with Crippen molar-refractivity contribution in [3.05, 3.63) is 0 Å². The molecule has 1 fully saturated rings. The van der Waals surface area contributed by atoms with Crippen LogP contribution in [0.15, 0.2) is 0 Å². The first-order valence-corrected chi connectivity index (χ1v) is 7.27. The normalized spacial score (nSPS) is 16.5. The summed E-state index contributed by atoms with van der Waals surface area (Å²) in [6.45, 7) is 13.2. The van der Waals surface area contributed by atoms with Crippen LogP contribution < -0.4 is 0 Å². The van der Waals surface area contributed by atoms with Crippen LogP contribution in [0.1, 0.15) is 106 Å². The molecule has 0 saturated carbocycles. The Morgan fingerprint density at radius 3 is 1.58 bits per heavy atom. The molecule has 0 aliphatic carbocycles. The second-order valence-electron chi connectivity index (χ2n) is 5.28. The van der Waals surface area contributed by atoms with Crippen LogP contribution >= 0.6 is 0 Å². The van der Waals surface area contributed by atoms with E-state index in [1.54, 1.807) is 13.8 Å². The molecule has 0 aromatic heterocycles. The monoisotopic (exact) mass is 388 g/mol. The lowest BCUT2D eigenvalue weighted by atomic mass is 10.1. The molecule has 0 aromatic carbocycles. The fourth-order valence-corrected chi connectivity index (χ4v) is 1.37. The van der Waals surface area contributed by atoms with Crippen LogP contribution in [-0.4, -0.2) is 42.3 Å². The van der Waals surface area contributed by atoms with Gasteiger partial charge in [-0.05, 0) is 47.5 Å². The summed E-state index contributed by atoms with van der Waals surface area (Å²) in [4.78, 5) is 10.0. The Morgan fingerprint density at radius 2 is 1.42 bits per heavy atom. The lowest BCUT2D eigenvalue weighted by molar-refractivity contribution is -0.170. The fraction of sp³-hybridized carbons (Fsp3) is 0.952. The molecule has 0 aromatic rings. The van der Waals surface area contributed by atoms with E-state index >= 15 is 0 Å². The number of esters is 1. The first-order chi connectivity index (χ1) is 9.18. The van der Waals surface area contributed by atoms with E-state index in [9.17, 15) is 4.79 Å². The maximum atomic E-state index is 10.0. The number of hydrogen-bond donors (Lipinski definition) is 1. The van der Waals surface area contributed by atoms with Crippen LogP contribution in [0.25, 0.3) is 0 Å². The van der Waals surface area contributed by atoms with Crippen LogP contribution in [0.2, 0.25) is 0 Å². The van der Waals surface area contributed by atoms with E-state index in [0.29, 0.717) is 19.0 Å². The van der Waals surface area contributed by atoms with Crippen molar-refractivity contribution < 1.29 is 24.1 Å². The number of hydrogen-bond acceptors (Lipinski definition) is 5. The highest BCUT2D eigenvalue weighted by Gasteiger charge is 2.17. The van der Waals surface area contributed by atoms with Crippen LogP contribution in [0.4, 0.5) is 0 Å². The molecule has 1 heterocycles. The summed E-state index contributed by atoms with van der Waals surface area (Å²) in [5.74, 6) is -0.213. The Balaban J connectivity index is -0.0000000294. The average molecular weight is 389 g/mol. The first-order valence-electron chi connectivity index (χ1n) is 7.27. The molecule has 0 bridgehead atoms. The van der Waals surface area contributed by atoms with Crippen LogP contribution in [0.3, 0.4) is 0 Å². The molecule has 0 amide bonds. The molecule has 1 aliphatic heterocycles. The van der Waals surface area contributed by atoms with Crippen molar-refractivity contribution in [2.75, 3.05) is 6.79 Å². The summed E-state index contributed by atoms with van der Waals surface area (Å²) in [5.41, 5.74) is 0. The van der Waals surface area contributed by atoms with E-state index in [1.165, 1.54) is 6.92 Å². The molecule has 2 atom stereocenters. The predicted molar refractivity (Wildman–Crippen MR) is 120 cm³/mol. The molecule has 170 valence electrons. The first kappa shape index (κ1) is 49.9. The van der Waals surface area contributed by atoms with E-state index in [2.05, 4.69) is 18.6 Å². The van der Waals surface area contributed by atoms with Crippen molar-refractivity contribution in [1.82, 2.24) is 0 Å². The molecule has 5 heteroatoms. The lowest BCUT2D eigenvalue weighted by Gasteiger charge is -2.26. The van der Waals surface area contributed by atoms with Gasteiger partial charge in [0.15, 0.2) is 0 Å². The van der Waals surface area contributed by atoms with Crippen LogP contribution in [0, 0.1) is 0 Å². The van der Waals surface area contributed by atoms with Gasteiger partial charge in [0.25, 0.3) is 0 Å². The number of ether oxygens (including phenoxy) is 3. The van der Waals surface area contributed by atoms with Gasteiger partial charge in [-0.3, -0.25) is 4.79 Å². The molecule has 26 heavy (non-hydrogen) atoms. The molecule has 2 unspecified atom stereocenters. The predicted octanol–water partition coefficient (Wildman–Crippen LogP) is 6.71. The van der Waals surface area contributed by atoms with Crippen molar-refractivity contribution in [2.24, 2.45) is 0 Å². The highest BCUT2D eigenvalue weighted by Crippen LogP contribution is 2.14. The van der Waals surface area contributed by atoms with Gasteiger partial charge in [-0.25, -0.2) is 0 Å². The lowest BCUT2D eigenvalue weighted by Crippen LogP contribution is -2.28. The summed E-state index contributed by atoms with van der Waals surface area (Å²) in [6.07, 6.45) is 2.85. The highest BCUT2D eigenvalue weighted by atomic mass is 16.7. The number of carbonyl (C=O) groups excluding carboxylic acids is 1. The molecule has 1 rings (SSSR count). The maximum Gasteiger partial charge on any atom is 0.302 e. The zero-order chi connectivity index (χ0) is 16.1. The van der Waals surface area contributed by atoms with Gasteiger partial charge in [-0.1, -0.05) is 51.5 Å². The molecule has 1 aliphatic rings. The van der Waals surface area contributed by atoms with Crippen molar-refractivity contribution in [3.8, 4) is 0 Å². The van der Waals surface area contributed by atoms with Gasteiger partial charge in [0.1, 0.15) is 6.79 Å². The van der Waals surface area contributed by atoms with Crippen LogP contribution in [0.5, 0.6) is 0 Å². The minimum atomic E-state index is -0.213. The van der Waals surface area contributed by atoms with E-state index in [1.807, 2.05) is 13.8 Å². The molecular formula is C21H56O5. The van der Waals surface area contributed by atoms with Crippen molar-refractivity contribution in [1.29, 1.82) is 0 Å². The summed E-state index contributed by atoms with van der Waals surface area (Å²) >= 11 is 0. The second kappa shape index (κ2) is 32.1. The number of carbonyl (C=O) groups is 1. The number of rotatable bonds is 2. The summed E-state index contributed by atoms with van der Waals surface area (Å²) in [7, 11) is 0. The molecule has 1 N–H and O–H groups in total. The number of aliphatic hydroxyl groups is 1. The summed E-state index contributed by atoms with van der Waals surface area (Å²) in [6, 6.07) is 0. The zero-order valence-corrected chi connectivity index (χ0v) is 14.0. The smallest absolute Gasteiger partial charge is 0.302 e. The Hall–Kier alpha value is -0.650. The Bertz CT molecular complexity index is 228. The topological polar surface area (TPSA) is 65.0 Å². The minimum absolute atomic E-state index is 0. The van der Waals surface area contributed by atoms with Gasteiger partial charge in [-0.2, -0.15) is 0 Å². The molecule has 0 spiro atoms. The van der Waals surface area contributed by atoms with Crippen molar-refractivity contribution in [2.45, 2.75) is 130 Å². The van der Waals surface area contributed by atoms with Gasteiger partial charge in [0.05, 0.1) is 18.3 Å². The SMILES string of the molecule is C.C.C.C.C.C.CC(=O)OC(C)C.CC(C)O.CCC1CC(C)OCO1. The van der Waals surface area contributed by atoms with E-state index in [4.69, 9.17) is 14.6 Å². The third-order valence-electron chi connectivity index (χ3n) is 2.11. The van der Waals surface area contributed by atoms with Gasteiger partial charge in [0.2, 0.25) is 0 Å². The Labute approximate surface area is 167 Å². The standard InChI is InChI=1S/C7H14O2.C5H10O2.C3H8O.6CH4/c1-3-7-4-6(2)8-5-9-7;1-4(2)7-5(3)6;1-3(2)4;;;;;;/h6-7H,3-5H2,1-2H3;4H,1-3H3;3-4H,1-2H3;6*1H4.